The Balaban J connectivity index is 2.85. The summed E-state index contributed by atoms with van der Waals surface area (Å²) in [4.78, 5) is 0. The molecule has 0 spiro atoms. The first kappa shape index (κ1) is 13.3. The van der Waals surface area contributed by atoms with Crippen LogP contribution in [0.25, 0.3) is 0 Å². The lowest BCUT2D eigenvalue weighted by molar-refractivity contribution is 0.376. The third-order valence-corrected chi connectivity index (χ3v) is 3.60. The van der Waals surface area contributed by atoms with E-state index in [-0.39, 0.29) is 0 Å². The van der Waals surface area contributed by atoms with Crippen molar-refractivity contribution in [3.05, 3.63) is 35.5 Å². The van der Waals surface area contributed by atoms with Gasteiger partial charge in [0.15, 0.2) is 0 Å². The molecule has 0 saturated carbocycles. The van der Waals surface area contributed by atoms with Gasteiger partial charge in [-0.25, -0.2) is 0 Å². The monoisotopic (exact) mass is 218 g/mol. The summed E-state index contributed by atoms with van der Waals surface area (Å²) in [7, 11) is 0. The summed E-state index contributed by atoms with van der Waals surface area (Å²) in [5, 5.41) is 0. The second-order valence-electron chi connectivity index (χ2n) is 5.68. The van der Waals surface area contributed by atoms with E-state index in [1.807, 2.05) is 0 Å². The Bertz CT molecular complexity index is 313. The molecule has 0 aromatic carbocycles. The molecular formula is C16H26. The molecule has 0 N–H and O–H groups in total. The van der Waals surface area contributed by atoms with Crippen LogP contribution in [-0.4, -0.2) is 0 Å². The van der Waals surface area contributed by atoms with Gasteiger partial charge in [-0.3, -0.25) is 0 Å². The predicted molar refractivity (Wildman–Crippen MR) is 73.5 cm³/mol. The molecule has 0 bridgehead atoms. The first-order valence-corrected chi connectivity index (χ1v) is 6.48. The highest BCUT2D eigenvalue weighted by Gasteiger charge is 2.26. The van der Waals surface area contributed by atoms with Gasteiger partial charge in [-0.2, -0.15) is 0 Å². The van der Waals surface area contributed by atoms with E-state index in [2.05, 4.69) is 58.9 Å². The molecule has 0 fully saturated rings. The van der Waals surface area contributed by atoms with Crippen molar-refractivity contribution in [3.63, 3.8) is 0 Å². The minimum absolute atomic E-state index is 0.370. The number of hydrogen-bond donors (Lipinski definition) is 0. The van der Waals surface area contributed by atoms with E-state index in [4.69, 9.17) is 0 Å². The first-order valence-electron chi connectivity index (χ1n) is 6.48. The zero-order valence-electron chi connectivity index (χ0n) is 11.5. The third kappa shape index (κ3) is 3.37. The lowest BCUT2D eigenvalue weighted by Crippen LogP contribution is -2.19. The molecule has 1 aliphatic carbocycles. The maximum atomic E-state index is 2.37. The van der Waals surface area contributed by atoms with Crippen molar-refractivity contribution < 1.29 is 0 Å². The van der Waals surface area contributed by atoms with Crippen molar-refractivity contribution in [1.82, 2.24) is 0 Å². The minimum Gasteiger partial charge on any atom is -0.0911 e. The molecule has 0 heteroatoms. The van der Waals surface area contributed by atoms with Crippen LogP contribution in [0.4, 0.5) is 0 Å². The highest BCUT2D eigenvalue weighted by Crippen LogP contribution is 2.40. The summed E-state index contributed by atoms with van der Waals surface area (Å²) in [6.45, 7) is 11.4. The first-order chi connectivity index (χ1) is 7.47. The van der Waals surface area contributed by atoms with E-state index < -0.39 is 0 Å². The highest BCUT2D eigenvalue weighted by molar-refractivity contribution is 5.33. The van der Waals surface area contributed by atoms with Crippen molar-refractivity contribution in [2.24, 2.45) is 11.3 Å². The molecule has 0 nitrogen and oxygen atoms in total. The van der Waals surface area contributed by atoms with Crippen molar-refractivity contribution in [2.75, 3.05) is 0 Å². The maximum Gasteiger partial charge on any atom is -0.00788 e. The summed E-state index contributed by atoms with van der Waals surface area (Å²) in [5.74, 6) is 0.544. The smallest absolute Gasteiger partial charge is 0.00788 e. The zero-order chi connectivity index (χ0) is 12.2. The van der Waals surface area contributed by atoms with Gasteiger partial charge in [-0.1, -0.05) is 50.6 Å². The van der Waals surface area contributed by atoms with Gasteiger partial charge in [0.05, 0.1) is 0 Å². The Morgan fingerprint density at radius 3 is 2.50 bits per heavy atom. The topological polar surface area (TPSA) is 0 Å². The van der Waals surface area contributed by atoms with Gasteiger partial charge in [-0.15, -0.1) is 0 Å². The predicted octanol–water partition coefficient (Wildman–Crippen LogP) is 5.28. The van der Waals surface area contributed by atoms with Gasteiger partial charge < -0.3 is 0 Å². The van der Waals surface area contributed by atoms with Gasteiger partial charge in [-0.05, 0) is 50.0 Å². The van der Waals surface area contributed by atoms with Crippen molar-refractivity contribution in [3.8, 4) is 0 Å². The van der Waals surface area contributed by atoms with Crippen LogP contribution < -0.4 is 0 Å². The van der Waals surface area contributed by atoms with E-state index >= 15 is 0 Å². The maximum absolute atomic E-state index is 2.37. The van der Waals surface area contributed by atoms with E-state index in [1.54, 1.807) is 11.1 Å². The molecule has 0 amide bonds. The molecule has 0 heterocycles. The van der Waals surface area contributed by atoms with Crippen LogP contribution in [-0.2, 0) is 0 Å². The lowest BCUT2D eigenvalue weighted by Gasteiger charge is -2.33. The fourth-order valence-corrected chi connectivity index (χ4v) is 2.63. The molecule has 1 aliphatic rings. The van der Waals surface area contributed by atoms with Gasteiger partial charge in [0, 0.05) is 0 Å². The molecule has 0 aromatic heterocycles. The van der Waals surface area contributed by atoms with Gasteiger partial charge in [0.25, 0.3) is 0 Å². The Hall–Kier alpha value is -0.780. The van der Waals surface area contributed by atoms with Crippen LogP contribution in [0, 0.1) is 11.3 Å². The molecule has 16 heavy (non-hydrogen) atoms. The zero-order valence-corrected chi connectivity index (χ0v) is 11.5. The molecule has 0 radical (unpaired) electrons. The standard InChI is InChI=1S/C16H26/c1-6-8-13(2)10-11-15-14(3)9-7-12-16(15,4)5/h6,8,10-11,13H,7,9,12H2,1-5H3/b8-6+,11-10+. The van der Waals surface area contributed by atoms with Crippen molar-refractivity contribution >= 4 is 0 Å². The molecule has 90 valence electrons. The Kier molecular flexibility index (Phi) is 4.58. The second kappa shape index (κ2) is 5.52. The van der Waals surface area contributed by atoms with Crippen LogP contribution in [0.2, 0.25) is 0 Å². The molecular weight excluding hydrogens is 192 g/mol. The Morgan fingerprint density at radius 2 is 1.94 bits per heavy atom. The SMILES string of the molecule is C/C=C/C(C)/C=C/C1=C(C)CCCC1(C)C. The van der Waals surface area contributed by atoms with Crippen LogP contribution >= 0.6 is 0 Å². The molecule has 1 unspecified atom stereocenters. The van der Waals surface area contributed by atoms with Gasteiger partial charge >= 0.3 is 0 Å². The largest absolute Gasteiger partial charge is 0.0911 e. The third-order valence-electron chi connectivity index (χ3n) is 3.60. The normalized spacial score (nSPS) is 23.3. The number of rotatable bonds is 3. The molecule has 0 aromatic rings. The highest BCUT2D eigenvalue weighted by atomic mass is 14.3. The fourth-order valence-electron chi connectivity index (χ4n) is 2.63. The minimum atomic E-state index is 0.370. The fraction of sp³-hybridized carbons (Fsp3) is 0.625. The van der Waals surface area contributed by atoms with E-state index in [0.717, 1.165) is 0 Å². The average molecular weight is 218 g/mol. The molecule has 1 rings (SSSR count). The van der Waals surface area contributed by atoms with Crippen molar-refractivity contribution in [1.29, 1.82) is 0 Å². The molecule has 0 aliphatic heterocycles. The summed E-state index contributed by atoms with van der Waals surface area (Å²) in [5.41, 5.74) is 3.52. The van der Waals surface area contributed by atoms with Gasteiger partial charge in [0.2, 0.25) is 0 Å². The van der Waals surface area contributed by atoms with Gasteiger partial charge in [0.1, 0.15) is 0 Å². The van der Waals surface area contributed by atoms with Crippen LogP contribution in [0.3, 0.4) is 0 Å². The summed E-state index contributed by atoms with van der Waals surface area (Å²) in [6.07, 6.45) is 13.0. The lowest BCUT2D eigenvalue weighted by atomic mass is 9.72. The molecule has 0 saturated heterocycles. The molecule has 1 atom stereocenters. The Morgan fingerprint density at radius 1 is 1.25 bits per heavy atom. The van der Waals surface area contributed by atoms with E-state index in [0.29, 0.717) is 11.3 Å². The number of allylic oxidation sites excluding steroid dienone is 6. The van der Waals surface area contributed by atoms with E-state index in [9.17, 15) is 0 Å². The van der Waals surface area contributed by atoms with E-state index in [1.165, 1.54) is 19.3 Å². The second-order valence-corrected chi connectivity index (χ2v) is 5.68. The summed E-state index contributed by atoms with van der Waals surface area (Å²) in [6, 6.07) is 0. The van der Waals surface area contributed by atoms with Crippen LogP contribution in [0.5, 0.6) is 0 Å². The average Bonchev–Trinajstić information content (AvgIpc) is 2.16. The van der Waals surface area contributed by atoms with Crippen LogP contribution in [0.15, 0.2) is 35.5 Å². The summed E-state index contributed by atoms with van der Waals surface area (Å²) < 4.78 is 0. The summed E-state index contributed by atoms with van der Waals surface area (Å²) >= 11 is 0. The van der Waals surface area contributed by atoms with Crippen molar-refractivity contribution in [2.45, 2.75) is 53.9 Å². The quantitative estimate of drug-likeness (QED) is 0.565. The van der Waals surface area contributed by atoms with Crippen LogP contribution in [0.1, 0.15) is 53.9 Å². The Labute approximate surface area is 101 Å². The number of hydrogen-bond acceptors (Lipinski definition) is 0.